The van der Waals surface area contributed by atoms with Crippen molar-refractivity contribution in [1.29, 1.82) is 0 Å². The zero-order chi connectivity index (χ0) is 12.4. The summed E-state index contributed by atoms with van der Waals surface area (Å²) in [5.41, 5.74) is 7.54. The van der Waals surface area contributed by atoms with Crippen molar-refractivity contribution in [2.45, 2.75) is 52.1 Å². The van der Waals surface area contributed by atoms with Crippen molar-refractivity contribution in [2.24, 2.45) is 13.0 Å². The molecule has 96 valence electrons. The molecular weight excluding hydrogens is 214 g/mol. The molecule has 17 heavy (non-hydrogen) atoms. The normalized spacial score (nSPS) is 24.9. The molecule has 1 heterocycles. The molecule has 1 saturated carbocycles. The van der Waals surface area contributed by atoms with Gasteiger partial charge in [-0.1, -0.05) is 13.3 Å². The van der Waals surface area contributed by atoms with Crippen LogP contribution in [0.3, 0.4) is 0 Å². The van der Waals surface area contributed by atoms with E-state index >= 15 is 0 Å². The summed E-state index contributed by atoms with van der Waals surface area (Å²) >= 11 is 0. The van der Waals surface area contributed by atoms with Crippen LogP contribution in [0, 0.1) is 12.8 Å². The molecular formula is C13H23N3O. The van der Waals surface area contributed by atoms with Crippen molar-refractivity contribution in [1.82, 2.24) is 9.78 Å². The van der Waals surface area contributed by atoms with E-state index in [9.17, 15) is 0 Å². The zero-order valence-electron chi connectivity index (χ0n) is 11.1. The Kier molecular flexibility index (Phi) is 3.60. The smallest absolute Gasteiger partial charge is 0.236 e. The Morgan fingerprint density at radius 1 is 1.41 bits per heavy atom. The van der Waals surface area contributed by atoms with Crippen molar-refractivity contribution >= 4 is 5.69 Å². The van der Waals surface area contributed by atoms with Crippen LogP contribution in [0.2, 0.25) is 0 Å². The lowest BCUT2D eigenvalue weighted by Gasteiger charge is -2.31. The first-order chi connectivity index (χ1) is 8.13. The van der Waals surface area contributed by atoms with E-state index < -0.39 is 0 Å². The van der Waals surface area contributed by atoms with Crippen LogP contribution in [0.15, 0.2) is 0 Å². The van der Waals surface area contributed by atoms with Gasteiger partial charge in [-0.15, -0.1) is 0 Å². The maximum Gasteiger partial charge on any atom is 0.236 e. The molecule has 1 aromatic heterocycles. The molecule has 4 heteroatoms. The van der Waals surface area contributed by atoms with Gasteiger partial charge in [-0.05, 0) is 38.5 Å². The van der Waals surface area contributed by atoms with Gasteiger partial charge in [0.1, 0.15) is 11.8 Å². The van der Waals surface area contributed by atoms with Gasteiger partial charge in [-0.25, -0.2) is 4.68 Å². The average molecular weight is 237 g/mol. The molecule has 1 aliphatic carbocycles. The molecule has 2 atom stereocenters. The second-order valence-electron chi connectivity index (χ2n) is 5.04. The molecule has 0 amide bonds. The van der Waals surface area contributed by atoms with E-state index in [1.165, 1.54) is 25.7 Å². The number of anilines is 1. The quantitative estimate of drug-likeness (QED) is 0.879. The maximum absolute atomic E-state index is 6.12. The molecule has 2 rings (SSSR count). The predicted molar refractivity (Wildman–Crippen MR) is 69.0 cm³/mol. The summed E-state index contributed by atoms with van der Waals surface area (Å²) in [6, 6.07) is 0. The van der Waals surface area contributed by atoms with Crippen molar-refractivity contribution < 1.29 is 4.74 Å². The van der Waals surface area contributed by atoms with E-state index in [4.69, 9.17) is 10.5 Å². The fourth-order valence-corrected chi connectivity index (χ4v) is 2.73. The van der Waals surface area contributed by atoms with Crippen molar-refractivity contribution in [2.75, 3.05) is 5.73 Å². The molecule has 1 aromatic rings. The van der Waals surface area contributed by atoms with Crippen LogP contribution in [-0.4, -0.2) is 15.9 Å². The minimum Gasteiger partial charge on any atom is -0.473 e. The van der Waals surface area contributed by atoms with Crippen LogP contribution in [0.25, 0.3) is 0 Å². The lowest BCUT2D eigenvalue weighted by atomic mass is 9.85. The third-order valence-corrected chi connectivity index (χ3v) is 3.84. The summed E-state index contributed by atoms with van der Waals surface area (Å²) in [5, 5.41) is 4.29. The van der Waals surface area contributed by atoms with E-state index in [0.29, 0.717) is 17.7 Å². The fraction of sp³-hybridized carbons (Fsp3) is 0.769. The SMILES string of the molecule is CCC1CCCCC1Oc1c(N)c(C)nn1C. The average Bonchev–Trinajstić information content (AvgIpc) is 2.57. The van der Waals surface area contributed by atoms with Crippen LogP contribution in [-0.2, 0) is 7.05 Å². The number of nitrogens with zero attached hydrogens (tertiary/aromatic N) is 2. The van der Waals surface area contributed by atoms with E-state index in [2.05, 4.69) is 12.0 Å². The van der Waals surface area contributed by atoms with Gasteiger partial charge in [-0.3, -0.25) is 0 Å². The number of nitrogens with two attached hydrogens (primary N) is 1. The van der Waals surface area contributed by atoms with Crippen molar-refractivity contribution in [3.8, 4) is 5.88 Å². The minimum atomic E-state index is 0.311. The van der Waals surface area contributed by atoms with Gasteiger partial charge in [0.05, 0.1) is 5.69 Å². The summed E-state index contributed by atoms with van der Waals surface area (Å²) in [6.07, 6.45) is 6.50. The van der Waals surface area contributed by atoms with Crippen LogP contribution in [0.5, 0.6) is 5.88 Å². The highest BCUT2D eigenvalue weighted by Gasteiger charge is 2.27. The number of hydrogen-bond acceptors (Lipinski definition) is 3. The number of aromatic nitrogens is 2. The van der Waals surface area contributed by atoms with Gasteiger partial charge < -0.3 is 10.5 Å². The molecule has 0 aromatic carbocycles. The molecule has 2 N–H and O–H groups in total. The molecule has 0 radical (unpaired) electrons. The van der Waals surface area contributed by atoms with Gasteiger partial charge in [0.15, 0.2) is 0 Å². The van der Waals surface area contributed by atoms with Crippen LogP contribution in [0.4, 0.5) is 5.69 Å². The second-order valence-corrected chi connectivity index (χ2v) is 5.04. The van der Waals surface area contributed by atoms with E-state index in [1.54, 1.807) is 4.68 Å². The second kappa shape index (κ2) is 4.98. The number of nitrogen functional groups attached to an aromatic ring is 1. The van der Waals surface area contributed by atoms with E-state index in [-0.39, 0.29) is 0 Å². The number of rotatable bonds is 3. The van der Waals surface area contributed by atoms with Gasteiger partial charge >= 0.3 is 0 Å². The minimum absolute atomic E-state index is 0.311. The van der Waals surface area contributed by atoms with Crippen molar-refractivity contribution in [3.63, 3.8) is 0 Å². The molecule has 0 aliphatic heterocycles. The lowest BCUT2D eigenvalue weighted by Crippen LogP contribution is -2.30. The predicted octanol–water partition coefficient (Wildman–Crippen LogP) is 2.66. The van der Waals surface area contributed by atoms with Gasteiger partial charge in [-0.2, -0.15) is 5.10 Å². The molecule has 0 spiro atoms. The maximum atomic E-state index is 6.12. The summed E-state index contributed by atoms with van der Waals surface area (Å²) in [5.74, 6) is 1.41. The highest BCUT2D eigenvalue weighted by molar-refractivity contribution is 5.52. The lowest BCUT2D eigenvalue weighted by molar-refractivity contribution is 0.0823. The first-order valence-corrected chi connectivity index (χ1v) is 6.59. The Morgan fingerprint density at radius 3 is 2.71 bits per heavy atom. The summed E-state index contributed by atoms with van der Waals surface area (Å²) in [4.78, 5) is 0. The summed E-state index contributed by atoms with van der Waals surface area (Å²) in [7, 11) is 1.89. The first kappa shape index (κ1) is 12.3. The Bertz CT molecular complexity index is 386. The molecule has 1 fully saturated rings. The van der Waals surface area contributed by atoms with E-state index in [0.717, 1.165) is 18.0 Å². The van der Waals surface area contributed by atoms with Crippen LogP contribution < -0.4 is 10.5 Å². The molecule has 4 nitrogen and oxygen atoms in total. The highest BCUT2D eigenvalue weighted by atomic mass is 16.5. The molecule has 0 bridgehead atoms. The monoisotopic (exact) mass is 237 g/mol. The topological polar surface area (TPSA) is 53.1 Å². The summed E-state index contributed by atoms with van der Waals surface area (Å²) in [6.45, 7) is 4.16. The standard InChI is InChI=1S/C13H23N3O/c1-4-10-7-5-6-8-11(10)17-13-12(14)9(2)15-16(13)3/h10-11H,4-8,14H2,1-3H3. The summed E-state index contributed by atoms with van der Waals surface area (Å²) < 4.78 is 7.87. The highest BCUT2D eigenvalue weighted by Crippen LogP contribution is 2.33. The first-order valence-electron chi connectivity index (χ1n) is 6.59. The molecule has 2 unspecified atom stereocenters. The van der Waals surface area contributed by atoms with E-state index in [1.807, 2.05) is 14.0 Å². The van der Waals surface area contributed by atoms with Crippen LogP contribution >= 0.6 is 0 Å². The van der Waals surface area contributed by atoms with Gasteiger partial charge in [0.2, 0.25) is 5.88 Å². The number of hydrogen-bond donors (Lipinski definition) is 1. The van der Waals surface area contributed by atoms with Gasteiger partial charge in [0.25, 0.3) is 0 Å². The Morgan fingerprint density at radius 2 is 2.12 bits per heavy atom. The van der Waals surface area contributed by atoms with Crippen LogP contribution in [0.1, 0.15) is 44.7 Å². The Hall–Kier alpha value is -1.19. The Labute approximate surface area is 103 Å². The molecule has 0 saturated heterocycles. The number of aryl methyl sites for hydroxylation is 2. The molecule has 1 aliphatic rings. The number of ether oxygens (including phenoxy) is 1. The zero-order valence-corrected chi connectivity index (χ0v) is 11.1. The van der Waals surface area contributed by atoms with Gasteiger partial charge in [0, 0.05) is 7.05 Å². The fourth-order valence-electron chi connectivity index (χ4n) is 2.73. The third kappa shape index (κ3) is 2.40. The van der Waals surface area contributed by atoms with Crippen molar-refractivity contribution in [3.05, 3.63) is 5.69 Å². The largest absolute Gasteiger partial charge is 0.473 e. The third-order valence-electron chi connectivity index (χ3n) is 3.84. The Balaban J connectivity index is 2.13.